The Hall–Kier alpha value is -5.01. The summed E-state index contributed by atoms with van der Waals surface area (Å²) in [7, 11) is 2.89. The fourth-order valence-electron chi connectivity index (χ4n) is 5.25. The Morgan fingerprint density at radius 2 is 1.61 bits per heavy atom. The van der Waals surface area contributed by atoms with Crippen LogP contribution in [0.15, 0.2) is 62.9 Å². The van der Waals surface area contributed by atoms with Crippen molar-refractivity contribution in [2.75, 3.05) is 19.5 Å². The first-order valence-electron chi connectivity index (χ1n) is 12.3. The largest absolute Gasteiger partial charge is 0.493 e. The Morgan fingerprint density at radius 1 is 0.927 bits per heavy atom. The van der Waals surface area contributed by atoms with Gasteiger partial charge < -0.3 is 14.8 Å². The van der Waals surface area contributed by atoms with Gasteiger partial charge in [0.2, 0.25) is 5.41 Å². The van der Waals surface area contributed by atoms with Gasteiger partial charge in [0.15, 0.2) is 11.5 Å². The van der Waals surface area contributed by atoms with Crippen molar-refractivity contribution >= 4 is 11.7 Å². The van der Waals surface area contributed by atoms with Gasteiger partial charge in [-0.25, -0.2) is 9.48 Å². The maximum Gasteiger partial charge on any atom is 0.411 e. The van der Waals surface area contributed by atoms with E-state index in [4.69, 9.17) is 9.47 Å². The zero-order valence-electron chi connectivity index (χ0n) is 22.0. The average molecular weight is 572 g/mol. The molecule has 1 aliphatic heterocycles. The molecule has 3 heterocycles. The molecule has 0 bridgehead atoms. The Morgan fingerprint density at radius 3 is 2.24 bits per heavy atom. The predicted octanol–water partition coefficient (Wildman–Crippen LogP) is 2.38. The van der Waals surface area contributed by atoms with Crippen LogP contribution >= 0.6 is 0 Å². The summed E-state index contributed by atoms with van der Waals surface area (Å²) >= 11 is 0. The first kappa shape index (κ1) is 27.6. The summed E-state index contributed by atoms with van der Waals surface area (Å²) in [6, 6.07) is 12.7. The van der Waals surface area contributed by atoms with Gasteiger partial charge in [-0.05, 0) is 43.2 Å². The van der Waals surface area contributed by atoms with E-state index in [-0.39, 0.29) is 24.3 Å². The normalized spacial score (nSPS) is 16.4. The number of hydrogen-bond donors (Lipinski definition) is 3. The third-order valence-electron chi connectivity index (χ3n) is 7.11. The van der Waals surface area contributed by atoms with Crippen LogP contribution in [-0.2, 0) is 23.2 Å². The molecule has 0 unspecified atom stereocenters. The zero-order chi connectivity index (χ0) is 29.7. The number of halogens is 3. The maximum atomic E-state index is 15.1. The number of aromatic amines is 2. The molecule has 0 saturated heterocycles. The van der Waals surface area contributed by atoms with Crippen LogP contribution in [0.2, 0.25) is 0 Å². The number of nitrogens with one attached hydrogen (secondary N) is 3. The fourth-order valence-corrected chi connectivity index (χ4v) is 5.25. The predicted molar refractivity (Wildman–Crippen MR) is 141 cm³/mol. The molecule has 14 heteroatoms. The number of carbonyl (C=O) groups is 1. The van der Waals surface area contributed by atoms with Crippen molar-refractivity contribution in [3.05, 3.63) is 102 Å². The van der Waals surface area contributed by atoms with Crippen molar-refractivity contribution in [3.63, 3.8) is 0 Å². The van der Waals surface area contributed by atoms with Crippen molar-refractivity contribution in [2.45, 2.75) is 31.5 Å². The number of aryl methyl sites for hydroxylation is 2. The number of methoxy groups -OCH3 is 2. The molecular formula is C27H24F3N5O6. The van der Waals surface area contributed by atoms with Crippen LogP contribution in [-0.4, -0.2) is 45.6 Å². The molecule has 2 aromatic carbocycles. The first-order valence-corrected chi connectivity index (χ1v) is 12.3. The third-order valence-corrected chi connectivity index (χ3v) is 7.11. The van der Waals surface area contributed by atoms with Crippen LogP contribution in [0.5, 0.6) is 11.5 Å². The molecule has 41 heavy (non-hydrogen) atoms. The summed E-state index contributed by atoms with van der Waals surface area (Å²) in [6.45, 7) is 0.984. The van der Waals surface area contributed by atoms with Gasteiger partial charge in [-0.2, -0.15) is 13.2 Å². The lowest BCUT2D eigenvalue weighted by Crippen LogP contribution is -2.54. The van der Waals surface area contributed by atoms with E-state index in [1.165, 1.54) is 33.3 Å². The quantitative estimate of drug-likeness (QED) is 0.311. The van der Waals surface area contributed by atoms with Crippen LogP contribution in [0.4, 0.5) is 19.0 Å². The van der Waals surface area contributed by atoms with Crippen LogP contribution in [0.25, 0.3) is 5.69 Å². The second-order valence-corrected chi connectivity index (χ2v) is 9.36. The summed E-state index contributed by atoms with van der Waals surface area (Å²) < 4.78 is 57.6. The number of amides is 1. The van der Waals surface area contributed by atoms with Gasteiger partial charge in [-0.3, -0.25) is 29.0 Å². The topological polar surface area (TPSA) is 140 Å². The van der Waals surface area contributed by atoms with Gasteiger partial charge in [-0.15, -0.1) is 0 Å². The number of hydrogen-bond acceptors (Lipinski definition) is 6. The highest BCUT2D eigenvalue weighted by Gasteiger charge is 2.70. The van der Waals surface area contributed by atoms with Crippen LogP contribution < -0.4 is 31.6 Å². The number of benzene rings is 2. The van der Waals surface area contributed by atoms with Crippen LogP contribution in [0.3, 0.4) is 0 Å². The molecule has 0 spiro atoms. The molecule has 1 aliphatic rings. The summed E-state index contributed by atoms with van der Waals surface area (Å²) in [5, 5.41) is 4.69. The lowest BCUT2D eigenvalue weighted by atomic mass is 9.75. The molecule has 214 valence electrons. The van der Waals surface area contributed by atoms with E-state index < -0.39 is 51.3 Å². The van der Waals surface area contributed by atoms with E-state index in [2.05, 4.69) is 10.4 Å². The number of ether oxygens (including phenoxy) is 2. The molecule has 0 saturated carbocycles. The number of carbonyl (C=O) groups excluding carboxylic acids is 1. The third kappa shape index (κ3) is 4.13. The van der Waals surface area contributed by atoms with Gasteiger partial charge in [0, 0.05) is 12.2 Å². The number of aromatic nitrogens is 4. The molecule has 5 rings (SSSR count). The number of anilines is 1. The van der Waals surface area contributed by atoms with E-state index in [9.17, 15) is 19.2 Å². The van der Waals surface area contributed by atoms with Crippen LogP contribution in [0.1, 0.15) is 22.4 Å². The highest BCUT2D eigenvalue weighted by molar-refractivity contribution is 6.08. The molecule has 1 amide bonds. The van der Waals surface area contributed by atoms with Gasteiger partial charge in [0.05, 0.1) is 31.0 Å². The summed E-state index contributed by atoms with van der Waals surface area (Å²) in [6.07, 6.45) is -5.33. The number of H-pyrrole nitrogens is 2. The Balaban J connectivity index is 1.70. The Kier molecular flexibility index (Phi) is 6.63. The van der Waals surface area contributed by atoms with Crippen molar-refractivity contribution < 1.29 is 27.4 Å². The minimum atomic E-state index is -5.44. The van der Waals surface area contributed by atoms with E-state index in [1.54, 1.807) is 36.4 Å². The molecule has 0 radical (unpaired) electrons. The summed E-state index contributed by atoms with van der Waals surface area (Å²) in [5.41, 5.74) is -8.80. The average Bonchev–Trinajstić information content (AvgIpc) is 3.41. The van der Waals surface area contributed by atoms with Gasteiger partial charge in [0.1, 0.15) is 5.82 Å². The second kappa shape index (κ2) is 9.87. The molecule has 0 aliphatic carbocycles. The minimum absolute atomic E-state index is 0.109. The summed E-state index contributed by atoms with van der Waals surface area (Å²) in [4.78, 5) is 54.7. The summed E-state index contributed by atoms with van der Waals surface area (Å²) in [5.74, 6) is -1.46. The zero-order valence-corrected chi connectivity index (χ0v) is 22.0. The standard InChI is InChI=1S/C27H24F3N5O6/c1-14-19(23(37)35(33-14)16-7-5-4-6-8-16)26(27(28,29)30)20-21(31-24(26)38)34(25(39)32-22(20)36)12-11-15-9-10-17(40-2)18(13-15)41-3/h4-10,13,33H,11-12H2,1-3H3,(H,31,38)(H,32,36,39)/t26-/m0/s1. The molecule has 1 atom stereocenters. The number of fused-ring (bicyclic) bond motifs is 1. The highest BCUT2D eigenvalue weighted by atomic mass is 19.4. The molecule has 3 N–H and O–H groups in total. The minimum Gasteiger partial charge on any atom is -0.493 e. The highest BCUT2D eigenvalue weighted by Crippen LogP contribution is 2.51. The Labute approximate surface area is 229 Å². The number of rotatable bonds is 7. The fraction of sp³-hybridized carbons (Fsp3) is 0.259. The lowest BCUT2D eigenvalue weighted by molar-refractivity contribution is -0.181. The van der Waals surface area contributed by atoms with Crippen molar-refractivity contribution in [2.24, 2.45) is 0 Å². The van der Waals surface area contributed by atoms with Gasteiger partial charge in [-0.1, -0.05) is 24.3 Å². The molecule has 0 fully saturated rings. The first-order chi connectivity index (χ1) is 19.4. The molecule has 2 aromatic heterocycles. The number of nitrogens with zero attached hydrogens (tertiary/aromatic N) is 2. The SMILES string of the molecule is COc1ccc(CCn2c3c(c(=O)[nH]c2=O)[C@](c2c(C)[nH]n(-c4ccccc4)c2=O)(C(F)(F)F)C(=O)N3)cc1OC. The van der Waals surface area contributed by atoms with Crippen LogP contribution in [0, 0.1) is 6.92 Å². The van der Waals surface area contributed by atoms with Crippen molar-refractivity contribution in [1.82, 2.24) is 19.3 Å². The Bertz CT molecular complexity index is 1840. The van der Waals surface area contributed by atoms with Gasteiger partial charge >= 0.3 is 11.9 Å². The van der Waals surface area contributed by atoms with E-state index in [0.29, 0.717) is 17.1 Å². The monoisotopic (exact) mass is 571 g/mol. The molecular weight excluding hydrogens is 547 g/mol. The van der Waals surface area contributed by atoms with E-state index >= 15 is 13.2 Å². The van der Waals surface area contributed by atoms with E-state index in [1.807, 2.05) is 4.98 Å². The van der Waals surface area contributed by atoms with E-state index in [0.717, 1.165) is 9.25 Å². The lowest BCUT2D eigenvalue weighted by Gasteiger charge is -2.28. The van der Waals surface area contributed by atoms with Crippen molar-refractivity contribution in [3.8, 4) is 17.2 Å². The number of alkyl halides is 3. The second-order valence-electron chi connectivity index (χ2n) is 9.36. The maximum absolute atomic E-state index is 15.1. The van der Waals surface area contributed by atoms with Gasteiger partial charge in [0.25, 0.3) is 17.0 Å². The number of para-hydroxylation sites is 1. The van der Waals surface area contributed by atoms with Crippen molar-refractivity contribution in [1.29, 1.82) is 0 Å². The molecule has 4 aromatic rings. The molecule has 11 nitrogen and oxygen atoms in total. The smallest absolute Gasteiger partial charge is 0.411 e.